The zero-order valence-corrected chi connectivity index (χ0v) is 10.9. The molecule has 0 saturated heterocycles. The predicted octanol–water partition coefficient (Wildman–Crippen LogP) is 3.76. The molecular weight excluding hydrogens is 198 g/mol. The van der Waals surface area contributed by atoms with Crippen molar-refractivity contribution < 1.29 is 4.79 Å². The summed E-state index contributed by atoms with van der Waals surface area (Å²) in [6.07, 6.45) is 6.46. The first-order valence-corrected chi connectivity index (χ1v) is 6.24. The Kier molecular flexibility index (Phi) is 4.78. The van der Waals surface area contributed by atoms with Gasteiger partial charge in [-0.3, -0.25) is 4.79 Å². The second-order valence-electron chi connectivity index (χ2n) is 5.01. The number of rotatable bonds is 6. The highest BCUT2D eigenvalue weighted by atomic mass is 16.1. The number of carbonyl (C=O) groups excluding carboxylic acids is 1. The van der Waals surface area contributed by atoms with Gasteiger partial charge in [-0.15, -0.1) is 0 Å². The third-order valence-corrected chi connectivity index (χ3v) is 2.86. The average molecular weight is 221 g/mol. The Bertz CT molecular complexity index is 338. The van der Waals surface area contributed by atoms with Crippen molar-refractivity contribution in [3.63, 3.8) is 0 Å². The van der Waals surface area contributed by atoms with Crippen molar-refractivity contribution in [1.29, 1.82) is 0 Å². The molecule has 0 aliphatic carbocycles. The zero-order valence-electron chi connectivity index (χ0n) is 10.9. The quantitative estimate of drug-likeness (QED) is 0.670. The van der Waals surface area contributed by atoms with Gasteiger partial charge in [-0.1, -0.05) is 34.1 Å². The third-order valence-electron chi connectivity index (χ3n) is 2.86. The zero-order chi connectivity index (χ0) is 12.1. The summed E-state index contributed by atoms with van der Waals surface area (Å²) in [6, 6.07) is 1.93. The summed E-state index contributed by atoms with van der Waals surface area (Å²) in [4.78, 5) is 11.8. The van der Waals surface area contributed by atoms with Crippen molar-refractivity contribution in [2.45, 2.75) is 47.1 Å². The molecule has 1 rings (SSSR count). The lowest BCUT2D eigenvalue weighted by Crippen LogP contribution is -2.08. The second kappa shape index (κ2) is 5.88. The fourth-order valence-electron chi connectivity index (χ4n) is 1.98. The van der Waals surface area contributed by atoms with Gasteiger partial charge in [-0.25, -0.2) is 0 Å². The van der Waals surface area contributed by atoms with E-state index in [1.54, 1.807) is 0 Å². The van der Waals surface area contributed by atoms with Crippen LogP contribution in [0.3, 0.4) is 0 Å². The number of Topliss-reactive ketones (excluding diaryl/α,β-unsaturated/α-hetero) is 1. The van der Waals surface area contributed by atoms with E-state index in [1.807, 2.05) is 32.3 Å². The van der Waals surface area contributed by atoms with Crippen molar-refractivity contribution in [1.82, 2.24) is 4.57 Å². The molecule has 1 unspecified atom stereocenters. The summed E-state index contributed by atoms with van der Waals surface area (Å²) in [5.74, 6) is 1.00. The highest BCUT2D eigenvalue weighted by Gasteiger charge is 2.12. The standard InChI is InChI=1S/C14H23NO/c1-5-6-12(4)9-15-8-7-13(10-15)14(16)11(2)3/h7-8,10-12H,5-6,9H2,1-4H3. The van der Waals surface area contributed by atoms with E-state index in [1.165, 1.54) is 12.8 Å². The van der Waals surface area contributed by atoms with Gasteiger partial charge in [-0.2, -0.15) is 0 Å². The van der Waals surface area contributed by atoms with Gasteiger partial charge in [0, 0.05) is 30.4 Å². The van der Waals surface area contributed by atoms with E-state index in [2.05, 4.69) is 18.4 Å². The van der Waals surface area contributed by atoms with E-state index in [9.17, 15) is 4.79 Å². The van der Waals surface area contributed by atoms with Crippen molar-refractivity contribution in [3.05, 3.63) is 24.0 Å². The van der Waals surface area contributed by atoms with Crippen LogP contribution in [-0.4, -0.2) is 10.4 Å². The summed E-state index contributed by atoms with van der Waals surface area (Å²) < 4.78 is 2.13. The van der Waals surface area contributed by atoms with Crippen LogP contribution in [0.4, 0.5) is 0 Å². The second-order valence-corrected chi connectivity index (χ2v) is 5.01. The van der Waals surface area contributed by atoms with Gasteiger partial charge in [0.2, 0.25) is 0 Å². The first kappa shape index (κ1) is 13.0. The van der Waals surface area contributed by atoms with E-state index < -0.39 is 0 Å². The largest absolute Gasteiger partial charge is 0.353 e. The molecule has 2 heteroatoms. The minimum absolute atomic E-state index is 0.0870. The molecule has 2 nitrogen and oxygen atoms in total. The van der Waals surface area contributed by atoms with Gasteiger partial charge in [0.15, 0.2) is 5.78 Å². The predicted molar refractivity (Wildman–Crippen MR) is 67.7 cm³/mol. The lowest BCUT2D eigenvalue weighted by atomic mass is 10.0. The van der Waals surface area contributed by atoms with Crippen LogP contribution in [0.25, 0.3) is 0 Å². The lowest BCUT2D eigenvalue weighted by Gasteiger charge is -2.10. The summed E-state index contributed by atoms with van der Waals surface area (Å²) in [5.41, 5.74) is 0.846. The number of carbonyl (C=O) groups is 1. The van der Waals surface area contributed by atoms with E-state index in [0.717, 1.165) is 12.1 Å². The number of aromatic nitrogens is 1. The van der Waals surface area contributed by atoms with E-state index >= 15 is 0 Å². The van der Waals surface area contributed by atoms with Crippen LogP contribution in [0.5, 0.6) is 0 Å². The Morgan fingerprint density at radius 3 is 2.62 bits per heavy atom. The molecule has 1 atom stereocenters. The first-order valence-electron chi connectivity index (χ1n) is 6.24. The highest BCUT2D eigenvalue weighted by molar-refractivity contribution is 5.97. The minimum atomic E-state index is 0.0870. The maximum absolute atomic E-state index is 11.8. The topological polar surface area (TPSA) is 22.0 Å². The molecule has 0 aliphatic rings. The Morgan fingerprint density at radius 1 is 1.38 bits per heavy atom. The van der Waals surface area contributed by atoms with Crippen LogP contribution in [0.1, 0.15) is 50.9 Å². The molecule has 0 saturated carbocycles. The SMILES string of the molecule is CCCC(C)Cn1ccc(C(=O)C(C)C)c1. The van der Waals surface area contributed by atoms with Crippen LogP contribution in [0.2, 0.25) is 0 Å². The van der Waals surface area contributed by atoms with Crippen LogP contribution in [0.15, 0.2) is 18.5 Å². The summed E-state index contributed by atoms with van der Waals surface area (Å²) in [5, 5.41) is 0. The number of hydrogen-bond donors (Lipinski definition) is 0. The van der Waals surface area contributed by atoms with Gasteiger partial charge in [0.05, 0.1) is 0 Å². The van der Waals surface area contributed by atoms with Crippen LogP contribution >= 0.6 is 0 Å². The van der Waals surface area contributed by atoms with Crippen LogP contribution in [-0.2, 0) is 6.54 Å². The van der Waals surface area contributed by atoms with Crippen molar-refractivity contribution in [3.8, 4) is 0 Å². The Labute approximate surface area is 98.7 Å². The summed E-state index contributed by atoms with van der Waals surface area (Å²) in [6.45, 7) is 9.37. The molecule has 0 fully saturated rings. The summed E-state index contributed by atoms with van der Waals surface area (Å²) >= 11 is 0. The molecule has 1 heterocycles. The molecule has 0 spiro atoms. The van der Waals surface area contributed by atoms with E-state index in [4.69, 9.17) is 0 Å². The Hall–Kier alpha value is -1.05. The Balaban J connectivity index is 2.61. The van der Waals surface area contributed by atoms with Crippen LogP contribution in [0, 0.1) is 11.8 Å². The van der Waals surface area contributed by atoms with Gasteiger partial charge >= 0.3 is 0 Å². The third kappa shape index (κ3) is 3.51. The smallest absolute Gasteiger partial charge is 0.166 e. The van der Waals surface area contributed by atoms with E-state index in [-0.39, 0.29) is 11.7 Å². The molecule has 0 aromatic carbocycles. The fourth-order valence-corrected chi connectivity index (χ4v) is 1.98. The van der Waals surface area contributed by atoms with Crippen molar-refractivity contribution >= 4 is 5.78 Å². The highest BCUT2D eigenvalue weighted by Crippen LogP contribution is 2.12. The molecule has 0 N–H and O–H groups in total. The average Bonchev–Trinajstić information content (AvgIpc) is 2.65. The lowest BCUT2D eigenvalue weighted by molar-refractivity contribution is 0.0939. The number of hydrogen-bond acceptors (Lipinski definition) is 1. The number of ketones is 1. The minimum Gasteiger partial charge on any atom is -0.353 e. The van der Waals surface area contributed by atoms with E-state index in [0.29, 0.717) is 5.92 Å². The normalized spacial score (nSPS) is 13.1. The molecule has 1 aromatic heterocycles. The molecule has 16 heavy (non-hydrogen) atoms. The molecule has 1 aromatic rings. The monoisotopic (exact) mass is 221 g/mol. The van der Waals surface area contributed by atoms with Crippen molar-refractivity contribution in [2.75, 3.05) is 0 Å². The maximum Gasteiger partial charge on any atom is 0.166 e. The van der Waals surface area contributed by atoms with Crippen LogP contribution < -0.4 is 0 Å². The van der Waals surface area contributed by atoms with Gasteiger partial charge in [-0.05, 0) is 18.4 Å². The molecule has 0 amide bonds. The molecule has 0 radical (unpaired) electrons. The molecule has 0 bridgehead atoms. The molecule has 0 aliphatic heterocycles. The maximum atomic E-state index is 11.8. The Morgan fingerprint density at radius 2 is 2.06 bits per heavy atom. The summed E-state index contributed by atoms with van der Waals surface area (Å²) in [7, 11) is 0. The molecule has 90 valence electrons. The van der Waals surface area contributed by atoms with Crippen molar-refractivity contribution in [2.24, 2.45) is 11.8 Å². The number of nitrogens with zero attached hydrogens (tertiary/aromatic N) is 1. The van der Waals surface area contributed by atoms with Gasteiger partial charge < -0.3 is 4.57 Å². The van der Waals surface area contributed by atoms with Gasteiger partial charge in [0.1, 0.15) is 0 Å². The first-order chi connectivity index (χ1) is 7.54. The fraction of sp³-hybridized carbons (Fsp3) is 0.643. The van der Waals surface area contributed by atoms with Gasteiger partial charge in [0.25, 0.3) is 0 Å². The molecular formula is C14H23NO.